The van der Waals surface area contributed by atoms with Crippen molar-refractivity contribution in [2.24, 2.45) is 0 Å². The van der Waals surface area contributed by atoms with Gasteiger partial charge in [0, 0.05) is 5.69 Å². The van der Waals surface area contributed by atoms with E-state index in [0.29, 0.717) is 12.3 Å². The van der Waals surface area contributed by atoms with Gasteiger partial charge >= 0.3 is 5.97 Å². The molecule has 0 bridgehead atoms. The Bertz CT molecular complexity index is 431. The van der Waals surface area contributed by atoms with Crippen LogP contribution in [0, 0.1) is 0 Å². The molecule has 6 nitrogen and oxygen atoms in total. The second-order valence-electron chi connectivity index (χ2n) is 4.07. The van der Waals surface area contributed by atoms with E-state index in [2.05, 4.69) is 5.32 Å². The fourth-order valence-corrected chi connectivity index (χ4v) is 1.53. The van der Waals surface area contributed by atoms with E-state index in [9.17, 15) is 9.59 Å². The van der Waals surface area contributed by atoms with Gasteiger partial charge in [-0.25, -0.2) is 0 Å². The molecule has 0 aliphatic heterocycles. The summed E-state index contributed by atoms with van der Waals surface area (Å²) in [4.78, 5) is 23.5. The molecule has 6 heteroatoms. The SMILES string of the molecule is CCOc1ccc(NC(=O)CN(C)CC(=O)O)cc1. The van der Waals surface area contributed by atoms with Crippen molar-refractivity contribution < 1.29 is 19.4 Å². The van der Waals surface area contributed by atoms with Crippen LogP contribution in [0.1, 0.15) is 6.92 Å². The van der Waals surface area contributed by atoms with Gasteiger partial charge in [-0.1, -0.05) is 0 Å². The lowest BCUT2D eigenvalue weighted by Crippen LogP contribution is -2.33. The number of benzene rings is 1. The van der Waals surface area contributed by atoms with E-state index in [4.69, 9.17) is 9.84 Å². The summed E-state index contributed by atoms with van der Waals surface area (Å²) in [5.74, 6) is -0.479. The maximum Gasteiger partial charge on any atom is 0.317 e. The van der Waals surface area contributed by atoms with Gasteiger partial charge in [-0.15, -0.1) is 0 Å². The molecule has 0 aliphatic carbocycles. The fraction of sp³-hybridized carbons (Fsp3) is 0.385. The zero-order valence-electron chi connectivity index (χ0n) is 11.0. The molecule has 2 N–H and O–H groups in total. The first-order valence-electron chi connectivity index (χ1n) is 5.94. The Morgan fingerprint density at radius 1 is 1.26 bits per heavy atom. The van der Waals surface area contributed by atoms with Gasteiger partial charge in [-0.3, -0.25) is 14.5 Å². The van der Waals surface area contributed by atoms with Crippen molar-refractivity contribution in [3.63, 3.8) is 0 Å². The van der Waals surface area contributed by atoms with Crippen LogP contribution in [0.2, 0.25) is 0 Å². The molecule has 1 aromatic rings. The maximum absolute atomic E-state index is 11.6. The first-order chi connectivity index (χ1) is 9.01. The van der Waals surface area contributed by atoms with E-state index in [-0.39, 0.29) is 19.0 Å². The minimum Gasteiger partial charge on any atom is -0.494 e. The van der Waals surface area contributed by atoms with Crippen LogP contribution >= 0.6 is 0 Å². The summed E-state index contributed by atoms with van der Waals surface area (Å²) in [6, 6.07) is 7.00. The molecule has 104 valence electrons. The Balaban J connectivity index is 2.45. The number of carbonyl (C=O) groups excluding carboxylic acids is 1. The minimum absolute atomic E-state index is 0.0273. The number of anilines is 1. The summed E-state index contributed by atoms with van der Waals surface area (Å²) >= 11 is 0. The number of ether oxygens (including phenoxy) is 1. The largest absolute Gasteiger partial charge is 0.494 e. The molecular weight excluding hydrogens is 248 g/mol. The lowest BCUT2D eigenvalue weighted by Gasteiger charge is -2.13. The van der Waals surface area contributed by atoms with E-state index in [0.717, 1.165) is 5.75 Å². The standard InChI is InChI=1S/C13H18N2O4/c1-3-19-11-6-4-10(5-7-11)14-12(16)8-15(2)9-13(17)18/h4-7H,3,8-9H2,1-2H3,(H,14,16)(H,17,18). The lowest BCUT2D eigenvalue weighted by atomic mass is 10.3. The molecular formula is C13H18N2O4. The van der Waals surface area contributed by atoms with Gasteiger partial charge in [-0.05, 0) is 38.2 Å². The van der Waals surface area contributed by atoms with E-state index in [1.807, 2.05) is 6.92 Å². The van der Waals surface area contributed by atoms with Crippen LogP contribution in [-0.4, -0.2) is 48.6 Å². The van der Waals surface area contributed by atoms with Gasteiger partial charge in [0.1, 0.15) is 5.75 Å². The van der Waals surface area contributed by atoms with Crippen molar-refractivity contribution in [1.29, 1.82) is 0 Å². The molecule has 1 rings (SSSR count). The van der Waals surface area contributed by atoms with Gasteiger partial charge in [0.25, 0.3) is 0 Å². The normalized spacial score (nSPS) is 10.3. The second kappa shape index (κ2) is 7.38. The van der Waals surface area contributed by atoms with Crippen LogP contribution in [0.5, 0.6) is 5.75 Å². The van der Waals surface area contributed by atoms with Crippen molar-refractivity contribution in [3.8, 4) is 5.75 Å². The lowest BCUT2D eigenvalue weighted by molar-refractivity contribution is -0.138. The Kier molecular flexibility index (Phi) is 5.81. The van der Waals surface area contributed by atoms with Crippen molar-refractivity contribution in [2.75, 3.05) is 32.1 Å². The highest BCUT2D eigenvalue weighted by Gasteiger charge is 2.09. The number of carboxylic acids is 1. The Morgan fingerprint density at radius 3 is 2.42 bits per heavy atom. The molecule has 0 saturated carbocycles. The zero-order chi connectivity index (χ0) is 14.3. The highest BCUT2D eigenvalue weighted by atomic mass is 16.5. The summed E-state index contributed by atoms with van der Waals surface area (Å²) in [6.45, 7) is 2.34. The summed E-state index contributed by atoms with van der Waals surface area (Å²) in [5.41, 5.74) is 0.650. The fourth-order valence-electron chi connectivity index (χ4n) is 1.53. The molecule has 0 unspecified atom stereocenters. The van der Waals surface area contributed by atoms with Gasteiger partial charge in [-0.2, -0.15) is 0 Å². The van der Waals surface area contributed by atoms with Crippen LogP contribution in [0.4, 0.5) is 5.69 Å². The smallest absolute Gasteiger partial charge is 0.317 e. The number of hydrogen-bond donors (Lipinski definition) is 2. The Morgan fingerprint density at radius 2 is 1.89 bits per heavy atom. The monoisotopic (exact) mass is 266 g/mol. The van der Waals surface area contributed by atoms with E-state index in [1.165, 1.54) is 4.90 Å². The molecule has 0 aromatic heterocycles. The molecule has 19 heavy (non-hydrogen) atoms. The summed E-state index contributed by atoms with van der Waals surface area (Å²) in [6.07, 6.45) is 0. The third kappa shape index (κ3) is 5.87. The topological polar surface area (TPSA) is 78.9 Å². The zero-order valence-corrected chi connectivity index (χ0v) is 11.0. The molecule has 0 saturated heterocycles. The first-order valence-corrected chi connectivity index (χ1v) is 5.94. The highest BCUT2D eigenvalue weighted by molar-refractivity contribution is 5.92. The molecule has 0 radical (unpaired) electrons. The quantitative estimate of drug-likeness (QED) is 0.771. The average Bonchev–Trinajstić information content (AvgIpc) is 2.30. The van der Waals surface area contributed by atoms with E-state index >= 15 is 0 Å². The molecule has 1 aromatic carbocycles. The van der Waals surface area contributed by atoms with Crippen LogP contribution < -0.4 is 10.1 Å². The van der Waals surface area contributed by atoms with Gasteiger partial charge < -0.3 is 15.2 Å². The number of rotatable bonds is 7. The Labute approximate surface area is 112 Å². The first kappa shape index (κ1) is 15.0. The van der Waals surface area contributed by atoms with Gasteiger partial charge in [0.05, 0.1) is 19.7 Å². The molecule has 0 fully saturated rings. The number of nitrogens with zero attached hydrogens (tertiary/aromatic N) is 1. The van der Waals surface area contributed by atoms with E-state index < -0.39 is 5.97 Å². The molecule has 0 aliphatic rings. The predicted octanol–water partition coefficient (Wildman–Crippen LogP) is 1.04. The summed E-state index contributed by atoms with van der Waals surface area (Å²) in [7, 11) is 1.58. The van der Waals surface area contributed by atoms with Crippen LogP contribution in [-0.2, 0) is 9.59 Å². The summed E-state index contributed by atoms with van der Waals surface area (Å²) < 4.78 is 5.29. The highest BCUT2D eigenvalue weighted by Crippen LogP contribution is 2.15. The van der Waals surface area contributed by atoms with Crippen molar-refractivity contribution in [1.82, 2.24) is 4.90 Å². The molecule has 0 atom stereocenters. The number of amides is 1. The average molecular weight is 266 g/mol. The maximum atomic E-state index is 11.6. The van der Waals surface area contributed by atoms with Crippen molar-refractivity contribution in [3.05, 3.63) is 24.3 Å². The predicted molar refractivity (Wildman–Crippen MR) is 71.4 cm³/mol. The van der Waals surface area contributed by atoms with Crippen molar-refractivity contribution >= 4 is 17.6 Å². The number of hydrogen-bond acceptors (Lipinski definition) is 4. The van der Waals surface area contributed by atoms with Crippen molar-refractivity contribution in [2.45, 2.75) is 6.92 Å². The number of likely N-dealkylation sites (N-methyl/N-ethyl adjacent to an activating group) is 1. The number of aliphatic carboxylic acids is 1. The molecule has 0 heterocycles. The summed E-state index contributed by atoms with van der Waals surface area (Å²) in [5, 5.41) is 11.3. The van der Waals surface area contributed by atoms with Gasteiger partial charge in [0.15, 0.2) is 0 Å². The third-order valence-corrected chi connectivity index (χ3v) is 2.27. The number of nitrogens with one attached hydrogen (secondary N) is 1. The minimum atomic E-state index is -0.962. The molecule has 1 amide bonds. The van der Waals surface area contributed by atoms with Crippen LogP contribution in [0.15, 0.2) is 24.3 Å². The van der Waals surface area contributed by atoms with Crippen LogP contribution in [0.25, 0.3) is 0 Å². The number of carboxylic acid groups (broad SMARTS) is 1. The second-order valence-corrected chi connectivity index (χ2v) is 4.07. The van der Waals surface area contributed by atoms with Gasteiger partial charge in [0.2, 0.25) is 5.91 Å². The number of carbonyl (C=O) groups is 2. The van der Waals surface area contributed by atoms with Crippen LogP contribution in [0.3, 0.4) is 0 Å². The van der Waals surface area contributed by atoms with E-state index in [1.54, 1.807) is 31.3 Å². The Hall–Kier alpha value is -2.08. The molecule has 0 spiro atoms. The third-order valence-electron chi connectivity index (χ3n) is 2.27.